The second-order valence-electron chi connectivity index (χ2n) is 3.94. The minimum Gasteiger partial charge on any atom is -0.387 e. The summed E-state index contributed by atoms with van der Waals surface area (Å²) in [5.41, 5.74) is 1.28. The van der Waals surface area contributed by atoms with Gasteiger partial charge >= 0.3 is 0 Å². The van der Waals surface area contributed by atoms with Gasteiger partial charge in [-0.2, -0.15) is 5.21 Å². The lowest BCUT2D eigenvalue weighted by atomic mass is 10.0. The number of carbonyl (C=O) groups excluding carboxylic acids is 1. The smallest absolute Gasteiger partial charge is 0.276 e. The molecule has 0 bridgehead atoms. The molecule has 0 unspecified atom stereocenters. The molecule has 0 fully saturated rings. The van der Waals surface area contributed by atoms with Crippen LogP contribution < -0.4 is 5.32 Å². The van der Waals surface area contributed by atoms with Crippen molar-refractivity contribution in [3.05, 3.63) is 35.9 Å². The molecule has 2 N–H and O–H groups in total. The van der Waals surface area contributed by atoms with E-state index in [4.69, 9.17) is 4.84 Å². The van der Waals surface area contributed by atoms with E-state index < -0.39 is 0 Å². The van der Waals surface area contributed by atoms with E-state index >= 15 is 0 Å². The van der Waals surface area contributed by atoms with E-state index in [0.29, 0.717) is 12.1 Å². The van der Waals surface area contributed by atoms with E-state index in [9.17, 15) is 4.79 Å². The Hall–Kier alpha value is -2.77. The normalized spacial score (nSPS) is 17.7. The molecule has 1 atom stereocenters. The number of nitrogens with one attached hydrogen (secondary N) is 2. The Morgan fingerprint density at radius 1 is 1.37 bits per heavy atom. The topological polar surface area (TPSA) is 105 Å². The first-order valence-corrected chi connectivity index (χ1v) is 5.65. The van der Waals surface area contributed by atoms with Gasteiger partial charge in [-0.05, 0) is 10.8 Å². The molecule has 0 aliphatic carbocycles. The van der Waals surface area contributed by atoms with Crippen molar-refractivity contribution in [2.24, 2.45) is 5.16 Å². The van der Waals surface area contributed by atoms with Crippen LogP contribution in [-0.2, 0) is 9.63 Å². The van der Waals surface area contributed by atoms with E-state index in [-0.39, 0.29) is 18.0 Å². The lowest BCUT2D eigenvalue weighted by molar-refractivity contribution is -0.110. The predicted molar refractivity (Wildman–Crippen MR) is 65.1 cm³/mol. The first kappa shape index (κ1) is 11.3. The lowest BCUT2D eigenvalue weighted by Crippen LogP contribution is -2.22. The molecule has 0 spiro atoms. The maximum Gasteiger partial charge on any atom is 0.276 e. The van der Waals surface area contributed by atoms with Gasteiger partial charge in [-0.1, -0.05) is 40.6 Å². The number of tetrazole rings is 1. The van der Waals surface area contributed by atoms with Crippen molar-refractivity contribution in [1.82, 2.24) is 20.6 Å². The van der Waals surface area contributed by atoms with Crippen molar-refractivity contribution in [1.29, 1.82) is 0 Å². The quantitative estimate of drug-likeness (QED) is 0.841. The number of aromatic amines is 1. The number of amides is 1. The average Bonchev–Trinajstić information content (AvgIpc) is 3.10. The van der Waals surface area contributed by atoms with Gasteiger partial charge in [-0.25, -0.2) is 0 Å². The van der Waals surface area contributed by atoms with Gasteiger partial charge in [0.05, 0.1) is 0 Å². The summed E-state index contributed by atoms with van der Waals surface area (Å²) in [7, 11) is 0. The van der Waals surface area contributed by atoms with Crippen molar-refractivity contribution < 1.29 is 9.63 Å². The molecule has 1 aliphatic rings. The van der Waals surface area contributed by atoms with E-state index in [0.717, 1.165) is 5.56 Å². The second kappa shape index (κ2) is 4.84. The molecule has 3 rings (SSSR count). The molecule has 1 aliphatic heterocycles. The Morgan fingerprint density at radius 3 is 2.95 bits per heavy atom. The van der Waals surface area contributed by atoms with Crippen molar-refractivity contribution in [2.75, 3.05) is 5.32 Å². The van der Waals surface area contributed by atoms with E-state index in [1.807, 2.05) is 30.3 Å². The molecule has 1 aromatic carbocycles. The molecular formula is C11H10N6O2. The second-order valence-corrected chi connectivity index (χ2v) is 3.94. The molecule has 0 radical (unpaired) electrons. The highest BCUT2D eigenvalue weighted by Crippen LogP contribution is 2.27. The van der Waals surface area contributed by atoms with Crippen LogP contribution in [0.25, 0.3) is 0 Å². The zero-order valence-corrected chi connectivity index (χ0v) is 9.78. The minimum atomic E-state index is -0.389. The summed E-state index contributed by atoms with van der Waals surface area (Å²) in [6, 6.07) is 9.61. The van der Waals surface area contributed by atoms with Crippen LogP contribution in [0, 0.1) is 0 Å². The standard InChI is InChI=1S/C11H10N6O2/c18-10(12-11-13-16-17-14-11)8-6-9(19-15-8)7-4-2-1-3-5-7/h1-5,9H,6H2,(H2,12,13,14,16,17,18)/t9-/m1/s1. The van der Waals surface area contributed by atoms with Crippen LogP contribution >= 0.6 is 0 Å². The van der Waals surface area contributed by atoms with Crippen molar-refractivity contribution in [2.45, 2.75) is 12.5 Å². The molecule has 96 valence electrons. The highest BCUT2D eigenvalue weighted by Gasteiger charge is 2.27. The third-order valence-corrected chi connectivity index (χ3v) is 2.67. The minimum absolute atomic E-state index is 0.107. The number of rotatable bonds is 3. The fraction of sp³-hybridized carbons (Fsp3) is 0.182. The molecule has 2 heterocycles. The number of hydrogen-bond donors (Lipinski definition) is 2. The molecule has 2 aromatic rings. The zero-order chi connectivity index (χ0) is 13.1. The van der Waals surface area contributed by atoms with Crippen molar-refractivity contribution in [3.8, 4) is 0 Å². The number of hydrogen-bond acceptors (Lipinski definition) is 6. The van der Waals surface area contributed by atoms with Gasteiger partial charge in [0.1, 0.15) is 5.71 Å². The zero-order valence-electron chi connectivity index (χ0n) is 9.78. The average molecular weight is 258 g/mol. The fourth-order valence-electron chi connectivity index (χ4n) is 1.75. The van der Waals surface area contributed by atoms with Crippen LogP contribution in [0.2, 0.25) is 0 Å². The Bertz CT molecular complexity index is 595. The van der Waals surface area contributed by atoms with Crippen LogP contribution in [-0.4, -0.2) is 32.2 Å². The van der Waals surface area contributed by atoms with E-state index in [2.05, 4.69) is 31.1 Å². The number of nitrogens with zero attached hydrogens (tertiary/aromatic N) is 4. The van der Waals surface area contributed by atoms with Gasteiger partial charge < -0.3 is 4.84 Å². The highest BCUT2D eigenvalue weighted by molar-refractivity contribution is 6.43. The van der Waals surface area contributed by atoms with Gasteiger partial charge in [0, 0.05) is 6.42 Å². The van der Waals surface area contributed by atoms with Crippen LogP contribution in [0.15, 0.2) is 35.5 Å². The van der Waals surface area contributed by atoms with Gasteiger partial charge in [0.15, 0.2) is 6.10 Å². The Morgan fingerprint density at radius 2 is 2.21 bits per heavy atom. The van der Waals surface area contributed by atoms with E-state index in [1.165, 1.54) is 0 Å². The molecular weight excluding hydrogens is 248 g/mol. The summed E-state index contributed by atoms with van der Waals surface area (Å²) < 4.78 is 0. The number of benzene rings is 1. The highest BCUT2D eigenvalue weighted by atomic mass is 16.6. The molecule has 0 saturated heterocycles. The number of H-pyrrole nitrogens is 1. The molecule has 0 saturated carbocycles. The number of oxime groups is 1. The first-order chi connectivity index (χ1) is 9.33. The van der Waals surface area contributed by atoms with Crippen molar-refractivity contribution in [3.63, 3.8) is 0 Å². The van der Waals surface area contributed by atoms with Gasteiger partial charge in [-0.3, -0.25) is 10.1 Å². The van der Waals surface area contributed by atoms with Crippen LogP contribution in [0.5, 0.6) is 0 Å². The largest absolute Gasteiger partial charge is 0.387 e. The van der Waals surface area contributed by atoms with Crippen LogP contribution in [0.1, 0.15) is 18.1 Å². The molecule has 8 nitrogen and oxygen atoms in total. The van der Waals surface area contributed by atoms with Crippen LogP contribution in [0.3, 0.4) is 0 Å². The number of aromatic nitrogens is 4. The summed E-state index contributed by atoms with van der Waals surface area (Å²) in [5.74, 6) is -0.282. The Labute approximate surface area is 107 Å². The lowest BCUT2D eigenvalue weighted by Gasteiger charge is -2.07. The van der Waals surface area contributed by atoms with Gasteiger partial charge in [-0.15, -0.1) is 5.10 Å². The molecule has 1 amide bonds. The predicted octanol–water partition coefficient (Wildman–Crippen LogP) is 0.656. The van der Waals surface area contributed by atoms with Gasteiger partial charge in [0.25, 0.3) is 11.9 Å². The Balaban J connectivity index is 1.64. The molecule has 8 heteroatoms. The summed E-state index contributed by atoms with van der Waals surface area (Å²) in [6.45, 7) is 0. The SMILES string of the molecule is O=C(Nc1nn[nH]n1)C1=NO[C@@H](c2ccccc2)C1. The third kappa shape index (κ3) is 2.41. The summed E-state index contributed by atoms with van der Waals surface area (Å²) in [5, 5.41) is 19.1. The first-order valence-electron chi connectivity index (χ1n) is 5.65. The summed E-state index contributed by atoms with van der Waals surface area (Å²) >= 11 is 0. The maximum atomic E-state index is 11.8. The summed E-state index contributed by atoms with van der Waals surface area (Å²) in [6.07, 6.45) is 0.181. The van der Waals surface area contributed by atoms with Crippen LogP contribution in [0.4, 0.5) is 5.95 Å². The van der Waals surface area contributed by atoms with Gasteiger partial charge in [0.2, 0.25) is 0 Å². The fourth-order valence-corrected chi connectivity index (χ4v) is 1.75. The molecule has 19 heavy (non-hydrogen) atoms. The number of carbonyl (C=O) groups is 1. The monoisotopic (exact) mass is 258 g/mol. The maximum absolute atomic E-state index is 11.8. The third-order valence-electron chi connectivity index (χ3n) is 2.67. The molecule has 1 aromatic heterocycles. The summed E-state index contributed by atoms with van der Waals surface area (Å²) in [4.78, 5) is 17.1. The van der Waals surface area contributed by atoms with Crippen molar-refractivity contribution >= 4 is 17.6 Å². The number of anilines is 1. The van der Waals surface area contributed by atoms with E-state index in [1.54, 1.807) is 0 Å². The Kier molecular flexibility index (Phi) is 2.89.